The largest absolute Gasteiger partial charge is 0.444 e. The van der Waals surface area contributed by atoms with Crippen LogP contribution in [-0.2, 0) is 4.74 Å². The summed E-state index contributed by atoms with van der Waals surface area (Å²) in [4.78, 5) is 23.4. The molecule has 1 aliphatic heterocycles. The molecule has 0 aliphatic carbocycles. The standard InChI is InChI=1S/C20H23N5O4/c1-11-5-6-14(7-16(11)18-21-12(2)10-28-18)23-20(26)25-9-15(27-4)8-17(25)19-22-13(3)24-29-19/h5-7,10,15,17H,8-9H2,1-4H3,(H,23,26)/t15-,17+/m0/s1. The quantitative estimate of drug-likeness (QED) is 0.716. The van der Waals surface area contributed by atoms with Gasteiger partial charge in [-0.3, -0.25) is 0 Å². The van der Waals surface area contributed by atoms with E-state index >= 15 is 0 Å². The van der Waals surface area contributed by atoms with Gasteiger partial charge in [0, 0.05) is 31.3 Å². The maximum atomic E-state index is 13.0. The van der Waals surface area contributed by atoms with Crippen molar-refractivity contribution in [2.24, 2.45) is 0 Å². The van der Waals surface area contributed by atoms with Crippen LogP contribution in [0.2, 0.25) is 0 Å². The van der Waals surface area contributed by atoms with Gasteiger partial charge in [-0.05, 0) is 38.5 Å². The molecule has 3 aromatic rings. The second-order valence-corrected chi connectivity index (χ2v) is 7.20. The van der Waals surface area contributed by atoms with Gasteiger partial charge >= 0.3 is 6.03 Å². The highest BCUT2D eigenvalue weighted by Gasteiger charge is 2.39. The molecular formula is C20H23N5O4. The van der Waals surface area contributed by atoms with Crippen LogP contribution in [-0.4, -0.2) is 45.8 Å². The van der Waals surface area contributed by atoms with Gasteiger partial charge in [0.05, 0.1) is 11.8 Å². The number of anilines is 1. The van der Waals surface area contributed by atoms with Gasteiger partial charge in [0.15, 0.2) is 5.82 Å². The first-order chi connectivity index (χ1) is 13.9. The third kappa shape index (κ3) is 3.86. The van der Waals surface area contributed by atoms with Gasteiger partial charge < -0.3 is 23.9 Å². The van der Waals surface area contributed by atoms with Gasteiger partial charge in [0.1, 0.15) is 12.3 Å². The molecule has 1 fully saturated rings. The van der Waals surface area contributed by atoms with E-state index in [1.165, 1.54) is 0 Å². The summed E-state index contributed by atoms with van der Waals surface area (Å²) in [6.45, 7) is 6.02. The lowest BCUT2D eigenvalue weighted by Gasteiger charge is -2.22. The molecule has 0 bridgehead atoms. The van der Waals surface area contributed by atoms with Crippen molar-refractivity contribution in [3.63, 3.8) is 0 Å². The van der Waals surface area contributed by atoms with Crippen molar-refractivity contribution < 1.29 is 18.5 Å². The minimum atomic E-state index is -0.333. The number of hydrogen-bond donors (Lipinski definition) is 1. The van der Waals surface area contributed by atoms with Gasteiger partial charge in [-0.25, -0.2) is 9.78 Å². The zero-order valence-corrected chi connectivity index (χ0v) is 16.8. The van der Waals surface area contributed by atoms with Crippen LogP contribution in [0, 0.1) is 20.8 Å². The van der Waals surface area contributed by atoms with Crippen LogP contribution in [0.4, 0.5) is 10.5 Å². The number of aromatic nitrogens is 3. The second kappa shape index (κ2) is 7.67. The third-order valence-corrected chi connectivity index (χ3v) is 5.02. The number of benzene rings is 1. The molecular weight excluding hydrogens is 374 g/mol. The number of hydrogen-bond acceptors (Lipinski definition) is 7. The Bertz CT molecular complexity index is 1030. The van der Waals surface area contributed by atoms with E-state index in [1.807, 2.05) is 32.0 Å². The SMILES string of the molecule is CO[C@H]1C[C@H](c2nc(C)no2)N(C(=O)Nc2ccc(C)c(-c3nc(C)co3)c2)C1. The fourth-order valence-electron chi connectivity index (χ4n) is 3.48. The summed E-state index contributed by atoms with van der Waals surface area (Å²) < 4.78 is 16.3. The van der Waals surface area contributed by atoms with Crippen molar-refractivity contribution in [2.45, 2.75) is 39.3 Å². The molecule has 0 spiro atoms. The number of rotatable bonds is 4. The first-order valence-corrected chi connectivity index (χ1v) is 9.38. The number of methoxy groups -OCH3 is 1. The molecule has 0 radical (unpaired) electrons. The average molecular weight is 397 g/mol. The molecule has 2 atom stereocenters. The van der Waals surface area contributed by atoms with Crippen molar-refractivity contribution in [1.82, 2.24) is 20.0 Å². The zero-order valence-electron chi connectivity index (χ0n) is 16.8. The molecule has 3 heterocycles. The third-order valence-electron chi connectivity index (χ3n) is 5.02. The van der Waals surface area contributed by atoms with E-state index in [9.17, 15) is 4.79 Å². The van der Waals surface area contributed by atoms with Crippen LogP contribution in [0.5, 0.6) is 0 Å². The summed E-state index contributed by atoms with van der Waals surface area (Å²) in [5.74, 6) is 1.47. The number of nitrogens with zero attached hydrogens (tertiary/aromatic N) is 4. The molecule has 2 aromatic heterocycles. The molecule has 4 rings (SSSR count). The van der Waals surface area contributed by atoms with Gasteiger partial charge in [-0.15, -0.1) is 0 Å². The van der Waals surface area contributed by atoms with Crippen LogP contribution in [0.1, 0.15) is 35.4 Å². The fraction of sp³-hybridized carbons (Fsp3) is 0.400. The summed E-state index contributed by atoms with van der Waals surface area (Å²) in [7, 11) is 1.63. The van der Waals surface area contributed by atoms with Crippen LogP contribution in [0.15, 0.2) is 33.4 Å². The van der Waals surface area contributed by atoms with Crippen molar-refractivity contribution in [2.75, 3.05) is 19.0 Å². The molecule has 9 heteroatoms. The number of oxazole rings is 1. The summed E-state index contributed by atoms with van der Waals surface area (Å²) in [6.07, 6.45) is 2.11. The number of amides is 2. The highest BCUT2D eigenvalue weighted by atomic mass is 16.5. The first-order valence-electron chi connectivity index (χ1n) is 9.38. The summed E-state index contributed by atoms with van der Waals surface area (Å²) >= 11 is 0. The molecule has 1 N–H and O–H groups in total. The normalized spacial score (nSPS) is 19.0. The Balaban J connectivity index is 1.56. The molecule has 0 saturated carbocycles. The minimum absolute atomic E-state index is 0.0955. The van der Waals surface area contributed by atoms with Crippen LogP contribution >= 0.6 is 0 Å². The zero-order chi connectivity index (χ0) is 20.5. The number of ether oxygens (including phenoxy) is 1. The Labute approximate surface area is 168 Å². The Morgan fingerprint density at radius 3 is 2.76 bits per heavy atom. The van der Waals surface area contributed by atoms with E-state index in [2.05, 4.69) is 20.4 Å². The Kier molecular flexibility index (Phi) is 5.06. The highest BCUT2D eigenvalue weighted by molar-refractivity contribution is 5.90. The summed E-state index contributed by atoms with van der Waals surface area (Å²) in [6, 6.07) is 5.03. The Hall–Kier alpha value is -3.20. The lowest BCUT2D eigenvalue weighted by atomic mass is 10.1. The number of aryl methyl sites for hydroxylation is 3. The van der Waals surface area contributed by atoms with Crippen LogP contribution in [0.3, 0.4) is 0 Å². The molecule has 1 aromatic carbocycles. The van der Waals surface area contributed by atoms with E-state index < -0.39 is 0 Å². The number of urea groups is 1. The molecule has 9 nitrogen and oxygen atoms in total. The van der Waals surface area contributed by atoms with Crippen LogP contribution < -0.4 is 5.32 Å². The lowest BCUT2D eigenvalue weighted by Crippen LogP contribution is -2.35. The molecule has 1 aliphatic rings. The van der Waals surface area contributed by atoms with Gasteiger partial charge in [0.2, 0.25) is 11.8 Å². The van der Waals surface area contributed by atoms with Crippen molar-refractivity contribution in [3.8, 4) is 11.5 Å². The topological polar surface area (TPSA) is 107 Å². The number of likely N-dealkylation sites (tertiary alicyclic amines) is 1. The Morgan fingerprint density at radius 2 is 2.10 bits per heavy atom. The number of nitrogens with one attached hydrogen (secondary N) is 1. The van der Waals surface area contributed by atoms with Gasteiger partial charge in [0.25, 0.3) is 0 Å². The van der Waals surface area contributed by atoms with Gasteiger partial charge in [-0.2, -0.15) is 4.98 Å². The minimum Gasteiger partial charge on any atom is -0.444 e. The van der Waals surface area contributed by atoms with E-state index in [0.29, 0.717) is 36.3 Å². The van der Waals surface area contributed by atoms with Gasteiger partial charge in [-0.1, -0.05) is 11.2 Å². The van der Waals surface area contributed by atoms with Crippen molar-refractivity contribution >= 4 is 11.7 Å². The monoisotopic (exact) mass is 397 g/mol. The second-order valence-electron chi connectivity index (χ2n) is 7.20. The lowest BCUT2D eigenvalue weighted by molar-refractivity contribution is 0.111. The van der Waals surface area contributed by atoms with Crippen LogP contribution in [0.25, 0.3) is 11.5 Å². The maximum absolute atomic E-state index is 13.0. The smallest absolute Gasteiger partial charge is 0.322 e. The first kappa shape index (κ1) is 19.1. The highest BCUT2D eigenvalue weighted by Crippen LogP contribution is 2.33. The van der Waals surface area contributed by atoms with E-state index in [1.54, 1.807) is 25.2 Å². The molecule has 29 heavy (non-hydrogen) atoms. The number of carbonyl (C=O) groups is 1. The summed E-state index contributed by atoms with van der Waals surface area (Å²) in [5.41, 5.74) is 3.28. The van der Waals surface area contributed by atoms with Crippen molar-refractivity contribution in [1.29, 1.82) is 0 Å². The molecule has 1 saturated heterocycles. The number of carbonyl (C=O) groups excluding carboxylic acids is 1. The Morgan fingerprint density at radius 1 is 1.28 bits per heavy atom. The van der Waals surface area contributed by atoms with E-state index in [-0.39, 0.29) is 18.2 Å². The van der Waals surface area contributed by atoms with Crippen molar-refractivity contribution in [3.05, 3.63) is 47.4 Å². The van der Waals surface area contributed by atoms with E-state index in [0.717, 1.165) is 16.8 Å². The van der Waals surface area contributed by atoms with E-state index in [4.69, 9.17) is 13.7 Å². The predicted molar refractivity (Wildman–Crippen MR) is 104 cm³/mol. The molecule has 152 valence electrons. The fourth-order valence-corrected chi connectivity index (χ4v) is 3.48. The average Bonchev–Trinajstić information content (AvgIpc) is 3.42. The summed E-state index contributed by atoms with van der Waals surface area (Å²) in [5, 5.41) is 6.80. The maximum Gasteiger partial charge on any atom is 0.322 e. The molecule has 0 unspecified atom stereocenters. The molecule has 2 amide bonds. The predicted octanol–water partition coefficient (Wildman–Crippen LogP) is 3.64.